The van der Waals surface area contributed by atoms with E-state index in [1.54, 1.807) is 35.9 Å². The quantitative estimate of drug-likeness (QED) is 0.740. The molecular weight excluding hydrogens is 352 g/mol. The Morgan fingerprint density at radius 2 is 2.15 bits per heavy atom. The highest BCUT2D eigenvalue weighted by molar-refractivity contribution is 6.30. The summed E-state index contributed by atoms with van der Waals surface area (Å²) in [5.74, 6) is -0.0683. The van der Waals surface area contributed by atoms with E-state index in [4.69, 9.17) is 11.6 Å². The van der Waals surface area contributed by atoms with Crippen molar-refractivity contribution in [2.45, 2.75) is 31.9 Å². The van der Waals surface area contributed by atoms with Crippen molar-refractivity contribution in [3.63, 3.8) is 0 Å². The van der Waals surface area contributed by atoms with Gasteiger partial charge in [0.1, 0.15) is 11.3 Å². The van der Waals surface area contributed by atoms with Gasteiger partial charge in [0.2, 0.25) is 0 Å². The van der Waals surface area contributed by atoms with Crippen LogP contribution in [0.5, 0.6) is 0 Å². The van der Waals surface area contributed by atoms with Gasteiger partial charge in [-0.15, -0.1) is 0 Å². The van der Waals surface area contributed by atoms with Crippen molar-refractivity contribution in [2.24, 2.45) is 5.92 Å². The van der Waals surface area contributed by atoms with Gasteiger partial charge >= 0.3 is 0 Å². The summed E-state index contributed by atoms with van der Waals surface area (Å²) in [7, 11) is 0. The first-order chi connectivity index (χ1) is 12.5. The molecule has 3 aromatic rings. The fourth-order valence-electron chi connectivity index (χ4n) is 3.51. The van der Waals surface area contributed by atoms with Gasteiger partial charge in [-0.1, -0.05) is 17.7 Å². The number of aliphatic hydroxyl groups is 1. The number of pyridine rings is 2. The first-order valence-electron chi connectivity index (χ1n) is 8.57. The van der Waals surface area contributed by atoms with Gasteiger partial charge in [0.15, 0.2) is 0 Å². The van der Waals surface area contributed by atoms with E-state index in [2.05, 4.69) is 15.3 Å². The normalized spacial score (nSPS) is 20.6. The van der Waals surface area contributed by atoms with Crippen LogP contribution in [-0.4, -0.2) is 31.5 Å². The van der Waals surface area contributed by atoms with Crippen molar-refractivity contribution < 1.29 is 9.90 Å². The molecule has 1 aliphatic rings. The van der Waals surface area contributed by atoms with E-state index in [1.807, 2.05) is 18.2 Å². The van der Waals surface area contributed by atoms with Crippen molar-refractivity contribution in [3.8, 4) is 0 Å². The summed E-state index contributed by atoms with van der Waals surface area (Å²) in [6.07, 6.45) is 4.40. The molecule has 3 aromatic heterocycles. The maximum Gasteiger partial charge on any atom is 0.270 e. The topological polar surface area (TPSA) is 79.5 Å². The van der Waals surface area contributed by atoms with Gasteiger partial charge in [-0.2, -0.15) is 0 Å². The fourth-order valence-corrected chi connectivity index (χ4v) is 3.68. The highest BCUT2D eigenvalue weighted by Gasteiger charge is 2.37. The van der Waals surface area contributed by atoms with Crippen LogP contribution in [0.15, 0.2) is 42.7 Å². The first kappa shape index (κ1) is 17.0. The van der Waals surface area contributed by atoms with Crippen LogP contribution in [0, 0.1) is 12.8 Å². The number of fused-ring (bicyclic) bond motifs is 1. The van der Waals surface area contributed by atoms with Gasteiger partial charge in [0.05, 0.1) is 28.6 Å². The molecule has 3 heterocycles. The highest BCUT2D eigenvalue weighted by atomic mass is 35.5. The van der Waals surface area contributed by atoms with E-state index < -0.39 is 0 Å². The molecule has 0 spiro atoms. The maximum atomic E-state index is 13.1. The second-order valence-corrected chi connectivity index (χ2v) is 7.15. The van der Waals surface area contributed by atoms with Gasteiger partial charge in [-0.3, -0.25) is 14.2 Å². The molecule has 26 heavy (non-hydrogen) atoms. The van der Waals surface area contributed by atoms with Crippen LogP contribution in [0.3, 0.4) is 0 Å². The Kier molecular flexibility index (Phi) is 4.38. The van der Waals surface area contributed by atoms with E-state index in [0.29, 0.717) is 34.9 Å². The molecule has 4 rings (SSSR count). The van der Waals surface area contributed by atoms with E-state index in [1.165, 1.54) is 0 Å². The molecule has 1 saturated carbocycles. The lowest BCUT2D eigenvalue weighted by molar-refractivity contribution is 0.0227. The summed E-state index contributed by atoms with van der Waals surface area (Å²) in [6, 6.07) is 8.91. The van der Waals surface area contributed by atoms with E-state index in [0.717, 1.165) is 5.69 Å². The molecule has 6 nitrogen and oxygen atoms in total. The monoisotopic (exact) mass is 370 g/mol. The van der Waals surface area contributed by atoms with Gasteiger partial charge in [-0.25, -0.2) is 4.98 Å². The van der Waals surface area contributed by atoms with Crippen LogP contribution < -0.4 is 5.32 Å². The molecule has 7 heteroatoms. The summed E-state index contributed by atoms with van der Waals surface area (Å²) in [6.45, 7) is 1.80. The first-order valence-corrected chi connectivity index (χ1v) is 8.95. The Hall–Kier alpha value is -2.44. The standard InChI is InChI=1S/C19H19ClN4O2/c1-11-18(24-10-13(20)5-6-16(24)22-11)19(26)23-17(12-8-14(25)9-12)15-4-2-3-7-21-15/h2-7,10,12,14,17,25H,8-9H2,1H3,(H,23,26). The number of carbonyl (C=O) groups excluding carboxylic acids is 1. The lowest BCUT2D eigenvalue weighted by atomic mass is 9.76. The van der Waals surface area contributed by atoms with Crippen LogP contribution in [0.25, 0.3) is 5.65 Å². The third-order valence-electron chi connectivity index (χ3n) is 4.89. The molecule has 1 amide bonds. The number of halogens is 1. The molecule has 1 unspecified atom stereocenters. The number of hydrogen-bond acceptors (Lipinski definition) is 4. The summed E-state index contributed by atoms with van der Waals surface area (Å²) in [5, 5.41) is 13.3. The number of hydrogen-bond donors (Lipinski definition) is 2. The molecule has 0 aliphatic heterocycles. The second-order valence-electron chi connectivity index (χ2n) is 6.71. The smallest absolute Gasteiger partial charge is 0.270 e. The van der Waals surface area contributed by atoms with E-state index in [9.17, 15) is 9.90 Å². The minimum Gasteiger partial charge on any atom is -0.393 e. The van der Waals surface area contributed by atoms with Crippen molar-refractivity contribution in [3.05, 3.63) is 64.8 Å². The molecule has 0 saturated heterocycles. The molecule has 0 radical (unpaired) electrons. The number of carbonyl (C=O) groups is 1. The number of aryl methyl sites for hydroxylation is 1. The molecule has 2 N–H and O–H groups in total. The number of nitrogens with zero attached hydrogens (tertiary/aromatic N) is 3. The lowest BCUT2D eigenvalue weighted by Gasteiger charge is -2.37. The van der Waals surface area contributed by atoms with Crippen LogP contribution in [0.1, 0.15) is 40.8 Å². The predicted octanol–water partition coefficient (Wildman–Crippen LogP) is 2.93. The third kappa shape index (κ3) is 3.06. The molecule has 1 fully saturated rings. The molecule has 1 aliphatic carbocycles. The SMILES string of the molecule is Cc1nc2ccc(Cl)cn2c1C(=O)NC(c1ccccn1)C1CC(O)C1. The van der Waals surface area contributed by atoms with Crippen molar-refractivity contribution >= 4 is 23.2 Å². The Bertz CT molecular complexity index is 951. The Morgan fingerprint density at radius 1 is 1.35 bits per heavy atom. The van der Waals surface area contributed by atoms with Gasteiger partial charge in [0.25, 0.3) is 5.91 Å². The molecular formula is C19H19ClN4O2. The molecule has 1 atom stereocenters. The van der Waals surface area contributed by atoms with Crippen molar-refractivity contribution in [1.82, 2.24) is 19.7 Å². The Labute approximate surface area is 155 Å². The number of aromatic nitrogens is 3. The van der Waals surface area contributed by atoms with Gasteiger partial charge < -0.3 is 10.4 Å². The summed E-state index contributed by atoms with van der Waals surface area (Å²) >= 11 is 6.09. The van der Waals surface area contributed by atoms with Gasteiger partial charge in [-0.05, 0) is 49.9 Å². The predicted molar refractivity (Wildman–Crippen MR) is 98.1 cm³/mol. The zero-order valence-electron chi connectivity index (χ0n) is 14.3. The minimum atomic E-state index is -0.306. The average Bonchev–Trinajstić information content (AvgIpc) is 2.93. The lowest BCUT2D eigenvalue weighted by Crippen LogP contribution is -2.42. The number of amides is 1. The van der Waals surface area contributed by atoms with Crippen molar-refractivity contribution in [1.29, 1.82) is 0 Å². The van der Waals surface area contributed by atoms with Gasteiger partial charge in [0, 0.05) is 12.4 Å². The second kappa shape index (κ2) is 6.70. The average molecular weight is 371 g/mol. The molecule has 0 aromatic carbocycles. The van der Waals surface area contributed by atoms with Crippen LogP contribution in [0.4, 0.5) is 0 Å². The number of imidazole rings is 1. The summed E-state index contributed by atoms with van der Waals surface area (Å²) in [5.41, 5.74) is 2.56. The summed E-state index contributed by atoms with van der Waals surface area (Å²) < 4.78 is 1.71. The maximum absolute atomic E-state index is 13.1. The molecule has 0 bridgehead atoms. The van der Waals surface area contributed by atoms with E-state index in [-0.39, 0.29) is 24.0 Å². The Morgan fingerprint density at radius 3 is 2.85 bits per heavy atom. The minimum absolute atomic E-state index is 0.159. The van der Waals surface area contributed by atoms with Crippen LogP contribution in [0.2, 0.25) is 5.02 Å². The highest BCUT2D eigenvalue weighted by Crippen LogP contribution is 2.37. The fraction of sp³-hybridized carbons (Fsp3) is 0.316. The zero-order valence-corrected chi connectivity index (χ0v) is 15.0. The largest absolute Gasteiger partial charge is 0.393 e. The number of nitrogens with one attached hydrogen (secondary N) is 1. The van der Waals surface area contributed by atoms with E-state index >= 15 is 0 Å². The van der Waals surface area contributed by atoms with Crippen LogP contribution >= 0.6 is 11.6 Å². The summed E-state index contributed by atoms with van der Waals surface area (Å²) in [4.78, 5) is 21.9. The van der Waals surface area contributed by atoms with Crippen LogP contribution in [-0.2, 0) is 0 Å². The number of rotatable bonds is 4. The molecule has 134 valence electrons. The zero-order chi connectivity index (χ0) is 18.3. The number of aliphatic hydroxyl groups excluding tert-OH is 1. The Balaban J connectivity index is 1.67. The third-order valence-corrected chi connectivity index (χ3v) is 5.11. The van der Waals surface area contributed by atoms with Crippen molar-refractivity contribution in [2.75, 3.05) is 0 Å².